The average Bonchev–Trinajstić information content (AvgIpc) is 0.754. The molecule has 0 saturated carbocycles. The van der Waals surface area contributed by atoms with Gasteiger partial charge in [0, 0.05) is 27.3 Å². The number of carboxylic acids is 3. The largest absolute Gasteiger partial charge is 0.478 e. The highest BCUT2D eigenvalue weighted by Gasteiger charge is 2.32. The second-order valence-electron chi connectivity index (χ2n) is 19.5. The molecule has 0 atom stereocenters. The van der Waals surface area contributed by atoms with Crippen LogP contribution in [0.1, 0.15) is 127 Å². The molecule has 0 aliphatic rings. The summed E-state index contributed by atoms with van der Waals surface area (Å²) >= 11 is 117. The van der Waals surface area contributed by atoms with E-state index in [9.17, 15) is 72.7 Å². The number of carbonyl (C=O) groups is 6. The molecule has 8 rings (SSSR count). The molecule has 8 aromatic carbocycles. The molecule has 0 unspecified atom stereocenters. The smallest absolute Gasteiger partial charge is 0.337 e. The first-order valence-corrected chi connectivity index (χ1v) is 34.9. The summed E-state index contributed by atoms with van der Waals surface area (Å²) in [5.74, 6) is -12.0. The Bertz CT molecular complexity index is 4770. The van der Waals surface area contributed by atoms with Crippen LogP contribution in [0.3, 0.4) is 0 Å². The van der Waals surface area contributed by atoms with Crippen molar-refractivity contribution in [2.24, 2.45) is 5.16 Å². The number of carbonyl (C=O) groups excluding carboxylic acids is 3. The number of aryl methyl sites for hydroxylation is 3. The van der Waals surface area contributed by atoms with Gasteiger partial charge in [-0.1, -0.05) is 243 Å². The van der Waals surface area contributed by atoms with Crippen LogP contribution in [0.25, 0.3) is 0 Å². The number of rotatable bonds is 9. The maximum Gasteiger partial charge on any atom is 0.337 e. The van der Waals surface area contributed by atoms with Gasteiger partial charge in [0.25, 0.3) is 5.24 Å². The fraction of sp³-hybridized carbons (Fsp3) is 0.109. The number of alkyl halides is 7. The van der Waals surface area contributed by atoms with Gasteiger partial charge >= 0.3 is 23.9 Å². The van der Waals surface area contributed by atoms with Crippen molar-refractivity contribution in [2.75, 3.05) is 0 Å². The van der Waals surface area contributed by atoms with E-state index >= 15 is 0 Å². The minimum Gasteiger partial charge on any atom is -0.478 e. The number of hydrogen-bond donors (Lipinski definition) is 4. The summed E-state index contributed by atoms with van der Waals surface area (Å²) in [6.45, 7) is 7.21. The number of carboxylic acid groups (broad SMARTS) is 3. The predicted octanol–water partition coefficient (Wildman–Crippen LogP) is 28.2. The number of aldehydes is 1. The van der Waals surface area contributed by atoms with E-state index in [1.165, 1.54) is 24.3 Å². The van der Waals surface area contributed by atoms with Crippen LogP contribution in [0, 0.1) is 103 Å². The molecular formula is C64H30Cl21F10N3O10. The fourth-order valence-electron chi connectivity index (χ4n) is 7.32. The van der Waals surface area contributed by atoms with Gasteiger partial charge in [0.1, 0.15) is 73.9 Å². The highest BCUT2D eigenvalue weighted by atomic mass is 35.6. The van der Waals surface area contributed by atoms with Crippen molar-refractivity contribution in [2.45, 2.75) is 41.2 Å². The molecular weight excluding hydrogens is 1910 g/mol. The molecule has 0 aliphatic carbocycles. The third kappa shape index (κ3) is 28.0. The number of oxime groups is 1. The normalized spacial score (nSPS) is 10.5. The van der Waals surface area contributed by atoms with Crippen molar-refractivity contribution in [3.8, 4) is 12.1 Å². The van der Waals surface area contributed by atoms with Crippen molar-refractivity contribution in [3.05, 3.63) is 267 Å². The second-order valence-corrected chi connectivity index (χ2v) is 29.2. The summed E-state index contributed by atoms with van der Waals surface area (Å²) < 4.78 is 127. The highest BCUT2D eigenvalue weighted by molar-refractivity contribution is 6.69. The zero-order valence-electron chi connectivity index (χ0n) is 52.4. The molecule has 4 N–H and O–H groups in total. The van der Waals surface area contributed by atoms with E-state index in [-0.39, 0.29) is 91.2 Å². The van der Waals surface area contributed by atoms with Crippen LogP contribution in [0.5, 0.6) is 0 Å². The Balaban J connectivity index is 0.000000620. The molecule has 0 heterocycles. The van der Waals surface area contributed by atoms with E-state index < -0.39 is 137 Å². The summed E-state index contributed by atoms with van der Waals surface area (Å²) in [6, 6.07) is 11.1. The van der Waals surface area contributed by atoms with Gasteiger partial charge in [0.2, 0.25) is 3.79 Å². The highest BCUT2D eigenvalue weighted by Crippen LogP contribution is 2.48. The molecule has 0 bridgehead atoms. The van der Waals surface area contributed by atoms with Crippen molar-refractivity contribution in [3.63, 3.8) is 0 Å². The van der Waals surface area contributed by atoms with Gasteiger partial charge in [-0.15, -0.1) is 0 Å². The predicted molar refractivity (Wildman–Crippen MR) is 404 cm³/mol. The minimum atomic E-state index is -2.16. The lowest BCUT2D eigenvalue weighted by molar-refractivity contribution is 0.0685. The molecule has 13 nitrogen and oxygen atoms in total. The van der Waals surface area contributed by atoms with Crippen molar-refractivity contribution < 1.29 is 93.2 Å². The van der Waals surface area contributed by atoms with E-state index in [1.807, 2.05) is 19.9 Å². The van der Waals surface area contributed by atoms with Crippen molar-refractivity contribution in [1.29, 1.82) is 10.5 Å². The summed E-state index contributed by atoms with van der Waals surface area (Å²) in [6.07, 6.45) is 0.973. The van der Waals surface area contributed by atoms with E-state index in [1.54, 1.807) is 19.9 Å². The first-order valence-electron chi connectivity index (χ1n) is 26.7. The Morgan fingerprint density at radius 1 is 0.444 bits per heavy atom. The lowest BCUT2D eigenvalue weighted by Crippen LogP contribution is -2.05. The van der Waals surface area contributed by atoms with Gasteiger partial charge in [-0.2, -0.15) is 14.9 Å². The Labute approximate surface area is 708 Å². The Morgan fingerprint density at radius 3 is 1.17 bits per heavy atom. The topological polar surface area (TPSA) is 243 Å². The molecule has 44 heteroatoms. The van der Waals surface area contributed by atoms with Crippen LogP contribution in [-0.2, 0) is 3.79 Å². The van der Waals surface area contributed by atoms with Crippen LogP contribution in [-0.4, -0.2) is 62.2 Å². The first-order chi connectivity index (χ1) is 49.7. The van der Waals surface area contributed by atoms with Crippen LogP contribution < -0.4 is 0 Å². The molecule has 108 heavy (non-hydrogen) atoms. The molecule has 0 saturated heterocycles. The van der Waals surface area contributed by atoms with Crippen molar-refractivity contribution in [1.82, 2.24) is 0 Å². The van der Waals surface area contributed by atoms with Crippen LogP contribution in [0.2, 0.25) is 65.3 Å². The molecule has 0 amide bonds. The van der Waals surface area contributed by atoms with Gasteiger partial charge in [0.15, 0.2) is 12.1 Å². The van der Waals surface area contributed by atoms with E-state index in [4.69, 9.17) is 275 Å². The lowest BCUT2D eigenvalue weighted by Gasteiger charge is -2.18. The van der Waals surface area contributed by atoms with Gasteiger partial charge in [-0.25, -0.2) is 53.9 Å². The van der Waals surface area contributed by atoms with Gasteiger partial charge in [-0.3, -0.25) is 14.4 Å². The molecule has 8 aromatic rings. The zero-order chi connectivity index (χ0) is 84.1. The molecule has 0 aromatic heterocycles. The third-order valence-corrected chi connectivity index (χ3v) is 19.2. The fourth-order valence-corrected chi connectivity index (χ4v) is 12.9. The number of benzene rings is 8. The van der Waals surface area contributed by atoms with Gasteiger partial charge in [0.05, 0.1) is 105 Å². The summed E-state index contributed by atoms with van der Waals surface area (Å²) in [5.41, 5.74) is -1.44. The quantitative estimate of drug-likeness (QED) is 0.0154. The number of aromatic carboxylic acids is 3. The molecule has 0 spiro atoms. The molecule has 0 aliphatic heterocycles. The maximum absolute atomic E-state index is 13.4. The number of nitrogens with zero attached hydrogens (tertiary/aromatic N) is 3. The minimum absolute atomic E-state index is 0.0204. The van der Waals surface area contributed by atoms with Crippen LogP contribution in [0.4, 0.5) is 43.9 Å². The Morgan fingerprint density at radius 2 is 0.796 bits per heavy atom. The summed E-state index contributed by atoms with van der Waals surface area (Å²) in [4.78, 5) is 60.9. The zero-order valence-corrected chi connectivity index (χ0v) is 68.3. The SMILES string of the molecule is Cc1cc(C)cc(F)c1.Cc1cc(F)c(Cl)c(C)c1Cl.Fc1cc(C(Cl)(Cl)Cl)c(Cl)c(C(Cl)Cl)c1Cl.N#Cc1c(Cl)c(F)cc(C(=O)Cl)c1Cl.N#Cc1c(F)c(C(=O)F)cc(F)c1Cl.O=C(O)c1cc(F)c(Cl)c(/C=N/O)c1Cl.O=C(O)c1cc(F)c(Cl)c(C(Cl)Cl)c1Cl.O=Cc1c(Cl)c(F)cc(C(=O)O)c1Cl. The van der Waals surface area contributed by atoms with E-state index in [2.05, 4.69) is 5.16 Å². The summed E-state index contributed by atoms with van der Waals surface area (Å²) in [5, 5.41) is 49.6. The monoisotopic (exact) mass is 1920 g/mol. The van der Waals surface area contributed by atoms with Gasteiger partial charge < -0.3 is 20.5 Å². The number of halogens is 31. The van der Waals surface area contributed by atoms with Gasteiger partial charge in [-0.05, 0) is 116 Å². The van der Waals surface area contributed by atoms with E-state index in [0.29, 0.717) is 40.4 Å². The number of nitriles is 2. The van der Waals surface area contributed by atoms with Crippen LogP contribution in [0.15, 0.2) is 65.8 Å². The molecule has 0 fully saturated rings. The Hall–Kier alpha value is -4.98. The molecule has 0 radical (unpaired) electrons. The standard InChI is InChI=1S/C8H2Cl7F.C8H3Cl4FO2.C8HCl3FNO.C8H4Cl2FNO3.C8H3Cl2FO3.C8H7Cl2F.C8HClF3NO.C8H9F/c9-5-2(8(13,14)15)1-3(16)6(10)4(5)7(11)12;9-5-2(8(14)15)1-3(13)6(10)4(5)7(11)12;9-6-3(8(11)14)1-5(12)7(10)4(6)2-13;9-6-3(8(13)14)1-5(11)7(10)4(6)2-12-15;9-6-3(8(13)14)1-5(11)7(10)4(6)2-12;1-4-3-6(11)8(10)5(2)7(4)9;9-6-4(2-13)7(11)3(8(12)14)1-5(6)10;1-6-3-7(2)5-8(9)4-6/h1,7H;1,7H,(H,14,15);1H;1-2,15H,(H,13,14);1-2H,(H,13,14);3H,1-2H3;1H;3-5H,1-2H3/b;;;12-2+;;;;. The van der Waals surface area contributed by atoms with Crippen LogP contribution >= 0.6 is 244 Å². The van der Waals surface area contributed by atoms with Crippen molar-refractivity contribution >= 4 is 285 Å². The third-order valence-electron chi connectivity index (χ3n) is 12.2. The second kappa shape index (κ2) is 45.6. The Kier molecular flexibility index (Phi) is 42.7. The number of hydrogen-bond acceptors (Lipinski definition) is 10. The first kappa shape index (κ1) is 101. The maximum atomic E-state index is 13.4. The molecule has 578 valence electrons. The average molecular weight is 1940 g/mol. The summed E-state index contributed by atoms with van der Waals surface area (Å²) in [7, 11) is 0. The van der Waals surface area contributed by atoms with E-state index in [0.717, 1.165) is 29.5 Å². The lowest BCUT2D eigenvalue weighted by atomic mass is 10.1.